The van der Waals surface area contributed by atoms with Gasteiger partial charge in [-0.2, -0.15) is 0 Å². The van der Waals surface area contributed by atoms with E-state index in [0.717, 1.165) is 62.0 Å². The van der Waals surface area contributed by atoms with Crippen molar-refractivity contribution < 1.29 is 9.18 Å². The molecule has 150 valence electrons. The van der Waals surface area contributed by atoms with Crippen LogP contribution in [0.3, 0.4) is 0 Å². The molecule has 0 aliphatic carbocycles. The number of nitrogens with zero attached hydrogens (tertiary/aromatic N) is 1. The van der Waals surface area contributed by atoms with Crippen molar-refractivity contribution in [2.24, 2.45) is 11.8 Å². The van der Waals surface area contributed by atoms with Gasteiger partial charge >= 0.3 is 0 Å². The van der Waals surface area contributed by atoms with Crippen molar-refractivity contribution >= 4 is 18.3 Å². The van der Waals surface area contributed by atoms with Crippen LogP contribution in [0.25, 0.3) is 11.1 Å². The van der Waals surface area contributed by atoms with Crippen molar-refractivity contribution in [3.8, 4) is 11.1 Å². The van der Waals surface area contributed by atoms with Crippen LogP contribution in [0, 0.1) is 17.7 Å². The van der Waals surface area contributed by atoms with Crippen LogP contribution in [-0.4, -0.2) is 37.0 Å². The second-order valence-corrected chi connectivity index (χ2v) is 7.81. The Morgan fingerprint density at radius 3 is 2.18 bits per heavy atom. The molecule has 2 aliphatic heterocycles. The summed E-state index contributed by atoms with van der Waals surface area (Å²) in [6.45, 7) is 3.96. The van der Waals surface area contributed by atoms with Crippen LogP contribution in [0.1, 0.15) is 36.0 Å². The van der Waals surface area contributed by atoms with Crippen molar-refractivity contribution in [2.75, 3.05) is 26.2 Å². The van der Waals surface area contributed by atoms with E-state index in [1.165, 1.54) is 25.0 Å². The Bertz CT molecular complexity index is 799. The summed E-state index contributed by atoms with van der Waals surface area (Å²) < 4.78 is 13.5. The standard InChI is InChI=1S/C23H27FN2O.ClH/c24-22-6-2-4-20(16-22)19-3-1-5-21(15-19)23(27)26-13-9-18(10-14-26)17-7-11-25-12-8-17;/h1-6,15-18,25H,7-14H2;1H. The number of halogens is 2. The molecule has 0 radical (unpaired) electrons. The Labute approximate surface area is 172 Å². The SMILES string of the molecule is Cl.O=C(c1cccc(-c2cccc(F)c2)c1)N1CCC(C2CCNCC2)CC1. The largest absolute Gasteiger partial charge is 0.339 e. The van der Waals surface area contributed by atoms with E-state index in [1.807, 2.05) is 35.2 Å². The van der Waals surface area contributed by atoms with Gasteiger partial charge in [0.2, 0.25) is 0 Å². The van der Waals surface area contributed by atoms with E-state index < -0.39 is 0 Å². The lowest BCUT2D eigenvalue weighted by Crippen LogP contribution is -2.42. The fourth-order valence-corrected chi connectivity index (χ4v) is 4.57. The zero-order chi connectivity index (χ0) is 18.6. The van der Waals surface area contributed by atoms with Gasteiger partial charge in [0.25, 0.3) is 5.91 Å². The third-order valence-electron chi connectivity index (χ3n) is 6.14. The third-order valence-corrected chi connectivity index (χ3v) is 6.14. The minimum Gasteiger partial charge on any atom is -0.339 e. The molecular weight excluding hydrogens is 375 g/mol. The fourth-order valence-electron chi connectivity index (χ4n) is 4.57. The lowest BCUT2D eigenvalue weighted by atomic mass is 9.79. The highest BCUT2D eigenvalue weighted by Gasteiger charge is 2.29. The molecule has 2 heterocycles. The number of carbonyl (C=O) groups is 1. The van der Waals surface area contributed by atoms with E-state index in [2.05, 4.69) is 5.32 Å². The van der Waals surface area contributed by atoms with Gasteiger partial charge in [-0.1, -0.05) is 24.3 Å². The molecule has 1 amide bonds. The first-order chi connectivity index (χ1) is 13.2. The maximum atomic E-state index is 13.5. The Kier molecular flexibility index (Phi) is 7.08. The molecule has 0 atom stereocenters. The summed E-state index contributed by atoms with van der Waals surface area (Å²) in [4.78, 5) is 15.0. The van der Waals surface area contributed by atoms with Crippen LogP contribution in [0.2, 0.25) is 0 Å². The Morgan fingerprint density at radius 1 is 0.893 bits per heavy atom. The second kappa shape index (κ2) is 9.53. The van der Waals surface area contributed by atoms with Crippen molar-refractivity contribution in [1.82, 2.24) is 10.2 Å². The zero-order valence-corrected chi connectivity index (χ0v) is 16.9. The van der Waals surface area contributed by atoms with Crippen LogP contribution in [0.15, 0.2) is 48.5 Å². The molecule has 5 heteroatoms. The minimum absolute atomic E-state index is 0. The number of nitrogens with one attached hydrogen (secondary N) is 1. The molecule has 1 N–H and O–H groups in total. The maximum Gasteiger partial charge on any atom is 0.253 e. The van der Waals surface area contributed by atoms with Crippen molar-refractivity contribution in [3.05, 3.63) is 59.9 Å². The molecule has 0 unspecified atom stereocenters. The highest BCUT2D eigenvalue weighted by molar-refractivity contribution is 5.95. The van der Waals surface area contributed by atoms with Gasteiger partial charge in [0, 0.05) is 18.7 Å². The van der Waals surface area contributed by atoms with Crippen LogP contribution in [0.4, 0.5) is 4.39 Å². The van der Waals surface area contributed by atoms with Gasteiger partial charge < -0.3 is 10.2 Å². The van der Waals surface area contributed by atoms with Crippen LogP contribution >= 0.6 is 12.4 Å². The maximum absolute atomic E-state index is 13.5. The molecule has 3 nitrogen and oxygen atoms in total. The minimum atomic E-state index is -0.260. The summed E-state index contributed by atoms with van der Waals surface area (Å²) in [7, 11) is 0. The van der Waals surface area contributed by atoms with Gasteiger partial charge in [0.05, 0.1) is 0 Å². The molecule has 4 rings (SSSR count). The van der Waals surface area contributed by atoms with Gasteiger partial charge in [-0.05, 0) is 86.0 Å². The van der Waals surface area contributed by atoms with E-state index >= 15 is 0 Å². The van der Waals surface area contributed by atoms with Gasteiger partial charge in [-0.15, -0.1) is 12.4 Å². The quantitative estimate of drug-likeness (QED) is 0.802. The highest BCUT2D eigenvalue weighted by Crippen LogP contribution is 2.31. The molecule has 28 heavy (non-hydrogen) atoms. The average molecular weight is 403 g/mol. The van der Waals surface area contributed by atoms with Crippen LogP contribution < -0.4 is 5.32 Å². The number of hydrogen-bond donors (Lipinski definition) is 1. The number of benzene rings is 2. The zero-order valence-electron chi connectivity index (χ0n) is 16.1. The van der Waals surface area contributed by atoms with Crippen molar-refractivity contribution in [2.45, 2.75) is 25.7 Å². The van der Waals surface area contributed by atoms with Crippen molar-refractivity contribution in [1.29, 1.82) is 0 Å². The molecule has 2 aliphatic rings. The van der Waals surface area contributed by atoms with Crippen LogP contribution in [-0.2, 0) is 0 Å². The Hall–Kier alpha value is -1.91. The average Bonchev–Trinajstić information content (AvgIpc) is 2.74. The molecular formula is C23H28ClFN2O. The Balaban J connectivity index is 0.00000225. The molecule has 2 fully saturated rings. The molecule has 2 aromatic rings. The van der Waals surface area contributed by atoms with E-state index in [1.54, 1.807) is 6.07 Å². The summed E-state index contributed by atoms with van der Waals surface area (Å²) in [6, 6.07) is 14.1. The van der Waals surface area contributed by atoms with Crippen LogP contribution in [0.5, 0.6) is 0 Å². The summed E-state index contributed by atoms with van der Waals surface area (Å²) in [6.07, 6.45) is 4.77. The number of amides is 1. The van der Waals surface area contributed by atoms with E-state index in [0.29, 0.717) is 5.56 Å². The van der Waals surface area contributed by atoms with Gasteiger partial charge in [-0.3, -0.25) is 4.79 Å². The topological polar surface area (TPSA) is 32.3 Å². The van der Waals surface area contributed by atoms with Gasteiger partial charge in [0.15, 0.2) is 0 Å². The number of likely N-dealkylation sites (tertiary alicyclic amines) is 1. The molecule has 2 saturated heterocycles. The number of rotatable bonds is 3. The monoisotopic (exact) mass is 402 g/mol. The summed E-state index contributed by atoms with van der Waals surface area (Å²) >= 11 is 0. The first kappa shape index (κ1) is 20.8. The van der Waals surface area contributed by atoms with Crippen molar-refractivity contribution in [3.63, 3.8) is 0 Å². The second-order valence-electron chi connectivity index (χ2n) is 7.81. The molecule has 0 saturated carbocycles. The lowest BCUT2D eigenvalue weighted by Gasteiger charge is -2.37. The lowest BCUT2D eigenvalue weighted by molar-refractivity contribution is 0.0642. The summed E-state index contributed by atoms with van der Waals surface area (Å²) in [5, 5.41) is 3.44. The molecule has 0 bridgehead atoms. The molecule has 2 aromatic carbocycles. The fraction of sp³-hybridized carbons (Fsp3) is 0.435. The van der Waals surface area contributed by atoms with E-state index in [-0.39, 0.29) is 24.1 Å². The van der Waals surface area contributed by atoms with Gasteiger partial charge in [0.1, 0.15) is 5.82 Å². The number of hydrogen-bond acceptors (Lipinski definition) is 2. The molecule has 0 aromatic heterocycles. The summed E-state index contributed by atoms with van der Waals surface area (Å²) in [5.74, 6) is 1.41. The van der Waals surface area contributed by atoms with E-state index in [9.17, 15) is 9.18 Å². The van der Waals surface area contributed by atoms with Gasteiger partial charge in [-0.25, -0.2) is 4.39 Å². The third kappa shape index (κ3) is 4.73. The Morgan fingerprint density at radius 2 is 1.50 bits per heavy atom. The summed E-state index contributed by atoms with van der Waals surface area (Å²) in [5.41, 5.74) is 2.37. The number of piperidine rings is 2. The van der Waals surface area contributed by atoms with E-state index in [4.69, 9.17) is 0 Å². The predicted molar refractivity (Wildman–Crippen MR) is 113 cm³/mol. The first-order valence-electron chi connectivity index (χ1n) is 10.1. The first-order valence-corrected chi connectivity index (χ1v) is 10.1. The normalized spacial score (nSPS) is 18.5. The number of carbonyl (C=O) groups excluding carboxylic acids is 1. The smallest absolute Gasteiger partial charge is 0.253 e. The predicted octanol–water partition coefficient (Wildman–Crippen LogP) is 4.77. The highest BCUT2D eigenvalue weighted by atomic mass is 35.5. The molecule has 0 spiro atoms.